The highest BCUT2D eigenvalue weighted by Crippen LogP contribution is 1.98. The van der Waals surface area contributed by atoms with Crippen LogP contribution in [0.1, 0.15) is 11.4 Å². The molecule has 2 aromatic rings. The lowest BCUT2D eigenvalue weighted by atomic mass is 10.2. The summed E-state index contributed by atoms with van der Waals surface area (Å²) in [6.45, 7) is 1.69. The quantitative estimate of drug-likeness (QED) is 0.928. The number of nitrogens with one attached hydrogen (secondary N) is 1. The predicted octanol–water partition coefficient (Wildman–Crippen LogP) is 2.55. The minimum atomic E-state index is 0. The van der Waals surface area contributed by atoms with Gasteiger partial charge in [0.2, 0.25) is 0 Å². The number of imidazole rings is 1. The van der Waals surface area contributed by atoms with Crippen molar-refractivity contribution >= 4 is 24.8 Å². The number of halogens is 2. The molecule has 0 aliphatic rings. The third-order valence-corrected chi connectivity index (χ3v) is 2.38. The Morgan fingerprint density at radius 3 is 2.41 bits per heavy atom. The second kappa shape index (κ2) is 8.12. The van der Waals surface area contributed by atoms with Gasteiger partial charge in [0, 0.05) is 26.0 Å². The summed E-state index contributed by atoms with van der Waals surface area (Å²) < 4.78 is 2.03. The van der Waals surface area contributed by atoms with E-state index in [1.165, 1.54) is 5.56 Å². The van der Waals surface area contributed by atoms with E-state index >= 15 is 0 Å². The van der Waals surface area contributed by atoms with Crippen molar-refractivity contribution in [3.05, 3.63) is 54.1 Å². The molecule has 1 N–H and O–H groups in total. The standard InChI is InChI=1S/C12H15N3.2ClH/c1-15-8-7-14-12(15)10-13-9-11-5-3-2-4-6-11;;/h2-8,13H,9-10H2,1H3;2*1H. The number of aryl methyl sites for hydroxylation is 1. The average molecular weight is 274 g/mol. The molecule has 2 rings (SSSR count). The molecule has 1 aromatic carbocycles. The van der Waals surface area contributed by atoms with Crippen LogP contribution in [0, 0.1) is 0 Å². The van der Waals surface area contributed by atoms with Crippen molar-refractivity contribution < 1.29 is 0 Å². The fourth-order valence-electron chi connectivity index (χ4n) is 1.48. The Kier molecular flexibility index (Phi) is 7.63. The molecule has 0 radical (unpaired) electrons. The molecular weight excluding hydrogens is 257 g/mol. The third kappa shape index (κ3) is 4.77. The van der Waals surface area contributed by atoms with E-state index in [9.17, 15) is 0 Å². The molecule has 3 nitrogen and oxygen atoms in total. The first kappa shape index (κ1) is 16.0. The molecule has 0 atom stereocenters. The Morgan fingerprint density at radius 1 is 1.12 bits per heavy atom. The maximum absolute atomic E-state index is 4.25. The highest BCUT2D eigenvalue weighted by atomic mass is 35.5. The summed E-state index contributed by atoms with van der Waals surface area (Å²) in [7, 11) is 2.01. The third-order valence-electron chi connectivity index (χ3n) is 2.38. The van der Waals surface area contributed by atoms with Gasteiger partial charge in [0.1, 0.15) is 5.82 Å². The molecule has 94 valence electrons. The molecule has 0 saturated carbocycles. The van der Waals surface area contributed by atoms with Crippen LogP contribution < -0.4 is 5.32 Å². The summed E-state index contributed by atoms with van der Waals surface area (Å²) in [5.41, 5.74) is 1.30. The van der Waals surface area contributed by atoms with Crippen molar-refractivity contribution in [1.82, 2.24) is 14.9 Å². The number of hydrogen-bond acceptors (Lipinski definition) is 2. The van der Waals surface area contributed by atoms with Crippen LogP contribution in [0.2, 0.25) is 0 Å². The lowest BCUT2D eigenvalue weighted by Crippen LogP contribution is -2.15. The van der Waals surface area contributed by atoms with E-state index in [4.69, 9.17) is 0 Å². The molecule has 0 bridgehead atoms. The maximum Gasteiger partial charge on any atom is 0.122 e. The van der Waals surface area contributed by atoms with E-state index in [0.29, 0.717) is 0 Å². The Hall–Kier alpha value is -1.03. The number of aromatic nitrogens is 2. The van der Waals surface area contributed by atoms with Crippen molar-refractivity contribution in [1.29, 1.82) is 0 Å². The van der Waals surface area contributed by atoms with Gasteiger partial charge in [-0.25, -0.2) is 4.98 Å². The molecule has 0 aliphatic heterocycles. The van der Waals surface area contributed by atoms with Crippen LogP contribution in [0.5, 0.6) is 0 Å². The molecule has 0 amide bonds. The Balaban J connectivity index is 0.00000128. The van der Waals surface area contributed by atoms with Crippen molar-refractivity contribution in [3.8, 4) is 0 Å². The van der Waals surface area contributed by atoms with Crippen LogP contribution in [0.3, 0.4) is 0 Å². The van der Waals surface area contributed by atoms with E-state index in [1.54, 1.807) is 0 Å². The second-order valence-electron chi connectivity index (χ2n) is 3.54. The summed E-state index contributed by atoms with van der Waals surface area (Å²) in [4.78, 5) is 4.25. The van der Waals surface area contributed by atoms with Crippen molar-refractivity contribution in [3.63, 3.8) is 0 Å². The average Bonchev–Trinajstić information content (AvgIpc) is 2.66. The van der Waals surface area contributed by atoms with Gasteiger partial charge < -0.3 is 9.88 Å². The summed E-state index contributed by atoms with van der Waals surface area (Å²) in [6, 6.07) is 10.4. The van der Waals surface area contributed by atoms with Crippen molar-refractivity contribution in [2.24, 2.45) is 7.05 Å². The van der Waals surface area contributed by atoms with Gasteiger partial charge in [-0.05, 0) is 5.56 Å². The Bertz CT molecular complexity index is 415. The Labute approximate surface area is 114 Å². The smallest absolute Gasteiger partial charge is 0.122 e. The molecule has 0 spiro atoms. The first-order valence-electron chi connectivity index (χ1n) is 5.07. The van der Waals surface area contributed by atoms with Gasteiger partial charge in [-0.15, -0.1) is 24.8 Å². The van der Waals surface area contributed by atoms with Crippen molar-refractivity contribution in [2.75, 3.05) is 0 Å². The SMILES string of the molecule is Cl.Cl.Cn1ccnc1CNCc1ccccc1. The summed E-state index contributed by atoms with van der Waals surface area (Å²) in [5.74, 6) is 1.06. The molecule has 0 aliphatic carbocycles. The van der Waals surface area contributed by atoms with Crippen LogP contribution in [-0.2, 0) is 20.1 Å². The largest absolute Gasteiger partial charge is 0.337 e. The second-order valence-corrected chi connectivity index (χ2v) is 3.54. The zero-order chi connectivity index (χ0) is 10.5. The van der Waals surface area contributed by atoms with Gasteiger partial charge in [-0.3, -0.25) is 0 Å². The van der Waals surface area contributed by atoms with Crippen LogP contribution in [-0.4, -0.2) is 9.55 Å². The molecule has 0 unspecified atom stereocenters. The summed E-state index contributed by atoms with van der Waals surface area (Å²) in [5, 5.41) is 3.36. The fourth-order valence-corrected chi connectivity index (χ4v) is 1.48. The predicted molar refractivity (Wildman–Crippen MR) is 74.7 cm³/mol. The molecule has 0 saturated heterocycles. The monoisotopic (exact) mass is 273 g/mol. The minimum absolute atomic E-state index is 0. The van der Waals surface area contributed by atoms with Crippen molar-refractivity contribution in [2.45, 2.75) is 13.1 Å². The van der Waals surface area contributed by atoms with Crippen LogP contribution >= 0.6 is 24.8 Å². The first-order chi connectivity index (χ1) is 7.36. The van der Waals surface area contributed by atoms with E-state index in [2.05, 4.69) is 34.6 Å². The highest BCUT2D eigenvalue weighted by molar-refractivity contribution is 5.85. The lowest BCUT2D eigenvalue weighted by molar-refractivity contribution is 0.639. The van der Waals surface area contributed by atoms with Gasteiger partial charge in [-0.2, -0.15) is 0 Å². The zero-order valence-corrected chi connectivity index (χ0v) is 11.3. The molecular formula is C12H17Cl2N3. The van der Waals surface area contributed by atoms with E-state index in [-0.39, 0.29) is 24.8 Å². The van der Waals surface area contributed by atoms with Gasteiger partial charge in [0.05, 0.1) is 6.54 Å². The minimum Gasteiger partial charge on any atom is -0.337 e. The summed E-state index contributed by atoms with van der Waals surface area (Å²) >= 11 is 0. The van der Waals surface area contributed by atoms with Crippen LogP contribution in [0.25, 0.3) is 0 Å². The number of benzene rings is 1. The van der Waals surface area contributed by atoms with Crippen LogP contribution in [0.15, 0.2) is 42.7 Å². The number of hydrogen-bond donors (Lipinski definition) is 1. The van der Waals surface area contributed by atoms with E-state index in [0.717, 1.165) is 18.9 Å². The lowest BCUT2D eigenvalue weighted by Gasteiger charge is -2.04. The highest BCUT2D eigenvalue weighted by Gasteiger charge is 1.97. The van der Waals surface area contributed by atoms with Gasteiger partial charge in [0.15, 0.2) is 0 Å². The zero-order valence-electron chi connectivity index (χ0n) is 9.67. The normalized spacial score (nSPS) is 9.24. The first-order valence-corrected chi connectivity index (χ1v) is 5.07. The van der Waals surface area contributed by atoms with Gasteiger partial charge in [0.25, 0.3) is 0 Å². The number of rotatable bonds is 4. The van der Waals surface area contributed by atoms with E-state index in [1.807, 2.05) is 30.1 Å². The fraction of sp³-hybridized carbons (Fsp3) is 0.250. The molecule has 17 heavy (non-hydrogen) atoms. The molecule has 5 heteroatoms. The molecule has 0 fully saturated rings. The van der Waals surface area contributed by atoms with Gasteiger partial charge >= 0.3 is 0 Å². The molecule has 1 heterocycles. The summed E-state index contributed by atoms with van der Waals surface area (Å²) in [6.07, 6.45) is 3.78. The van der Waals surface area contributed by atoms with Gasteiger partial charge in [-0.1, -0.05) is 30.3 Å². The Morgan fingerprint density at radius 2 is 1.82 bits per heavy atom. The van der Waals surface area contributed by atoms with Crippen LogP contribution in [0.4, 0.5) is 0 Å². The maximum atomic E-state index is 4.25. The number of nitrogens with zero attached hydrogens (tertiary/aromatic N) is 2. The topological polar surface area (TPSA) is 29.9 Å². The van der Waals surface area contributed by atoms with E-state index < -0.39 is 0 Å². The molecule has 1 aromatic heterocycles.